The van der Waals surface area contributed by atoms with Crippen LogP contribution in [0.15, 0.2) is 29.2 Å². The highest BCUT2D eigenvalue weighted by Crippen LogP contribution is 2.50. The number of halogens is 3. The molecule has 1 saturated carbocycles. The molecule has 3 rings (SSSR count). The van der Waals surface area contributed by atoms with Gasteiger partial charge < -0.3 is 9.88 Å². The smallest absolute Gasteiger partial charge is 0.288 e. The number of nitrogens with zero attached hydrogens (tertiary/aromatic N) is 1. The van der Waals surface area contributed by atoms with Gasteiger partial charge in [0.25, 0.3) is 5.56 Å². The molecule has 1 aliphatic rings. The van der Waals surface area contributed by atoms with E-state index >= 15 is 0 Å². The van der Waals surface area contributed by atoms with Crippen LogP contribution >= 0.6 is 22.6 Å². The predicted molar refractivity (Wildman–Crippen MR) is 109 cm³/mol. The Kier molecular flexibility index (Phi) is 5.00. The highest BCUT2D eigenvalue weighted by molar-refractivity contribution is 14.1. The van der Waals surface area contributed by atoms with Gasteiger partial charge in [0.15, 0.2) is 0 Å². The van der Waals surface area contributed by atoms with Gasteiger partial charge in [-0.2, -0.15) is 4.39 Å². The molecule has 0 spiro atoms. The van der Waals surface area contributed by atoms with Crippen LogP contribution in [0.5, 0.6) is 0 Å². The van der Waals surface area contributed by atoms with Gasteiger partial charge in [-0.25, -0.2) is 12.8 Å². The van der Waals surface area contributed by atoms with Gasteiger partial charge in [-0.05, 0) is 52.6 Å². The van der Waals surface area contributed by atoms with Crippen LogP contribution in [0.3, 0.4) is 0 Å². The summed E-state index contributed by atoms with van der Waals surface area (Å²) in [5, 5.41) is 1.90. The van der Waals surface area contributed by atoms with Crippen molar-refractivity contribution in [3.05, 3.63) is 50.0 Å². The molecule has 0 aliphatic heterocycles. The molecule has 0 radical (unpaired) electrons. The summed E-state index contributed by atoms with van der Waals surface area (Å²) in [5.74, 6) is -1.86. The number of aryl methyl sites for hydroxylation is 1. The molecule has 0 saturated heterocycles. The molecule has 1 heterocycles. The molecule has 1 aromatic heterocycles. The number of hydrogen-bond acceptors (Lipinski definition) is 4. The number of anilines is 3. The normalized spacial score (nSPS) is 18.2. The third-order valence-electron chi connectivity index (χ3n) is 4.56. The minimum atomic E-state index is -3.79. The van der Waals surface area contributed by atoms with Crippen molar-refractivity contribution in [3.63, 3.8) is 0 Å². The molecule has 146 valence electrons. The molecule has 27 heavy (non-hydrogen) atoms. The second kappa shape index (κ2) is 6.73. The number of benzene rings is 1. The first-order valence-electron chi connectivity index (χ1n) is 8.05. The molecule has 1 unspecified atom stereocenters. The van der Waals surface area contributed by atoms with Gasteiger partial charge in [-0.15, -0.1) is 0 Å². The molecule has 6 nitrogen and oxygen atoms in total. The monoisotopic (exact) mass is 509 g/mol. The Labute approximate surface area is 169 Å². The summed E-state index contributed by atoms with van der Waals surface area (Å²) in [6.45, 7) is 3.64. The maximum atomic E-state index is 14.6. The van der Waals surface area contributed by atoms with Crippen molar-refractivity contribution < 1.29 is 17.2 Å². The molecule has 1 atom stereocenters. The topological polar surface area (TPSA) is 80.2 Å². The minimum Gasteiger partial charge on any atom is -0.349 e. The van der Waals surface area contributed by atoms with Crippen molar-refractivity contribution in [2.24, 2.45) is 12.5 Å². The Hall–Kier alpha value is -1.69. The summed E-state index contributed by atoms with van der Waals surface area (Å²) < 4.78 is 57.8. The van der Waals surface area contributed by atoms with E-state index in [0.717, 1.165) is 4.57 Å². The third-order valence-corrected chi connectivity index (χ3v) is 7.29. The molecular weight excluding hydrogens is 491 g/mol. The van der Waals surface area contributed by atoms with E-state index in [0.29, 0.717) is 9.99 Å². The Balaban J connectivity index is 2.05. The van der Waals surface area contributed by atoms with Gasteiger partial charge in [-0.1, -0.05) is 13.8 Å². The summed E-state index contributed by atoms with van der Waals surface area (Å²) in [6, 6.07) is 4.22. The first-order chi connectivity index (χ1) is 12.4. The first-order valence-corrected chi connectivity index (χ1v) is 10.7. The zero-order valence-corrected chi connectivity index (χ0v) is 17.8. The van der Waals surface area contributed by atoms with Gasteiger partial charge in [0, 0.05) is 16.8 Å². The second-order valence-electron chi connectivity index (χ2n) is 7.23. The van der Waals surface area contributed by atoms with Gasteiger partial charge >= 0.3 is 0 Å². The lowest BCUT2D eigenvalue weighted by Gasteiger charge is -2.17. The van der Waals surface area contributed by atoms with E-state index < -0.39 is 38.2 Å². The average molecular weight is 509 g/mol. The predicted octanol–water partition coefficient (Wildman–Crippen LogP) is 3.55. The zero-order valence-electron chi connectivity index (χ0n) is 14.8. The van der Waals surface area contributed by atoms with Crippen molar-refractivity contribution in [2.75, 3.05) is 10.0 Å². The fourth-order valence-corrected chi connectivity index (χ4v) is 5.34. The van der Waals surface area contributed by atoms with E-state index in [1.165, 1.54) is 25.4 Å². The average Bonchev–Trinajstić information content (AvgIpc) is 3.21. The fraction of sp³-hybridized carbons (Fsp3) is 0.353. The highest BCUT2D eigenvalue weighted by atomic mass is 127. The van der Waals surface area contributed by atoms with Gasteiger partial charge in [0.1, 0.15) is 11.5 Å². The Morgan fingerprint density at radius 3 is 2.44 bits per heavy atom. The summed E-state index contributed by atoms with van der Waals surface area (Å²) in [6.07, 6.45) is 1.65. The number of pyridine rings is 1. The van der Waals surface area contributed by atoms with Crippen LogP contribution in [0.4, 0.5) is 25.8 Å². The quantitative estimate of drug-likeness (QED) is 0.605. The van der Waals surface area contributed by atoms with Crippen molar-refractivity contribution in [3.8, 4) is 0 Å². The minimum absolute atomic E-state index is 0.0743. The molecule has 1 aromatic carbocycles. The largest absolute Gasteiger partial charge is 0.349 e. The summed E-state index contributed by atoms with van der Waals surface area (Å²) >= 11 is 1.92. The van der Waals surface area contributed by atoms with E-state index in [1.54, 1.807) is 6.07 Å². The van der Waals surface area contributed by atoms with Crippen molar-refractivity contribution in [2.45, 2.75) is 25.5 Å². The lowest BCUT2D eigenvalue weighted by atomic mass is 10.2. The van der Waals surface area contributed by atoms with E-state index in [4.69, 9.17) is 0 Å². The Morgan fingerprint density at radius 1 is 1.26 bits per heavy atom. The van der Waals surface area contributed by atoms with Crippen LogP contribution in [0.2, 0.25) is 0 Å². The number of sulfonamides is 1. The maximum absolute atomic E-state index is 14.6. The lowest BCUT2D eigenvalue weighted by molar-refractivity contribution is 0.583. The van der Waals surface area contributed by atoms with Crippen LogP contribution in [0.1, 0.15) is 20.3 Å². The lowest BCUT2D eigenvalue weighted by Crippen LogP contribution is -2.26. The number of rotatable bonds is 5. The molecule has 2 N–H and O–H groups in total. The van der Waals surface area contributed by atoms with Crippen molar-refractivity contribution in [1.82, 2.24) is 4.57 Å². The Bertz CT molecular complexity index is 1080. The van der Waals surface area contributed by atoms with Crippen LogP contribution in [-0.4, -0.2) is 18.2 Å². The van der Waals surface area contributed by atoms with Crippen LogP contribution in [-0.2, 0) is 17.1 Å². The first kappa shape index (κ1) is 20.1. The van der Waals surface area contributed by atoms with Crippen LogP contribution < -0.4 is 15.6 Å². The Morgan fingerprint density at radius 2 is 1.89 bits per heavy atom. The van der Waals surface area contributed by atoms with Crippen molar-refractivity contribution >= 4 is 49.7 Å². The number of nitrogens with one attached hydrogen (secondary N) is 2. The summed E-state index contributed by atoms with van der Waals surface area (Å²) in [4.78, 5) is 12.0. The standard InChI is InChI=1S/C17H18F2IN3O3S/c1-17(2)7-13(17)27(25,26)22-12-8-23(3)16(24)14(19)15(12)21-11-5-4-9(20)6-10(11)18/h4-6,8,13,21-22H,7H2,1-3H3. The highest BCUT2D eigenvalue weighted by Gasteiger charge is 2.54. The second-order valence-corrected chi connectivity index (χ2v) is 10.3. The van der Waals surface area contributed by atoms with E-state index in [9.17, 15) is 22.0 Å². The molecule has 0 amide bonds. The summed E-state index contributed by atoms with van der Waals surface area (Å²) in [7, 11) is -2.49. The van der Waals surface area contributed by atoms with E-state index in [-0.39, 0.29) is 16.8 Å². The van der Waals surface area contributed by atoms with Gasteiger partial charge in [-0.3, -0.25) is 9.52 Å². The maximum Gasteiger partial charge on any atom is 0.288 e. The van der Waals surface area contributed by atoms with Crippen LogP contribution in [0, 0.1) is 20.6 Å². The van der Waals surface area contributed by atoms with E-state index in [2.05, 4.69) is 10.0 Å². The SMILES string of the molecule is Cn1cc(NS(=O)(=O)C2CC2(C)C)c(Nc2ccc(I)cc2F)c(F)c1=O. The molecule has 10 heteroatoms. The van der Waals surface area contributed by atoms with Gasteiger partial charge in [0.2, 0.25) is 15.8 Å². The molecule has 2 aromatic rings. The third kappa shape index (κ3) is 3.96. The number of aromatic nitrogens is 1. The molecular formula is C17H18F2IN3O3S. The fourth-order valence-electron chi connectivity index (χ4n) is 2.79. The molecule has 1 aliphatic carbocycles. The molecule has 1 fully saturated rings. The zero-order chi connectivity index (χ0) is 20.1. The van der Waals surface area contributed by atoms with E-state index in [1.807, 2.05) is 36.4 Å². The number of hydrogen-bond donors (Lipinski definition) is 2. The molecule has 0 bridgehead atoms. The van der Waals surface area contributed by atoms with Crippen LogP contribution in [0.25, 0.3) is 0 Å². The van der Waals surface area contributed by atoms with Gasteiger partial charge in [0.05, 0.1) is 16.6 Å². The summed E-state index contributed by atoms with van der Waals surface area (Å²) in [5.41, 5.74) is -1.98. The van der Waals surface area contributed by atoms with Crippen molar-refractivity contribution in [1.29, 1.82) is 0 Å².